The SMILES string of the molecule is CCCN(CCNC[C@H](O[Si](C)(C)C(C)(C)C)c1ccc(O)c2[nH]c(=O)ccc12)C(=O)CCOCCc1ccc(CCN2C[C@H]3CC(OC(=O)Nc4ccccc4-c4ccccc4)C[C@H]3C2)cc1. The molecule has 1 saturated heterocycles. The number of para-hydroxylation sites is 1. The number of rotatable bonds is 22. The van der Waals surface area contributed by atoms with E-state index in [0.29, 0.717) is 63.2 Å². The number of carbonyl (C=O) groups is 2. The van der Waals surface area contributed by atoms with Gasteiger partial charge in [0.15, 0.2) is 8.32 Å². The van der Waals surface area contributed by atoms with E-state index in [-0.39, 0.29) is 40.6 Å². The highest BCUT2D eigenvalue weighted by atomic mass is 28.4. The number of likely N-dealkylation sites (tertiary alicyclic amines) is 1. The van der Waals surface area contributed by atoms with Gasteiger partial charge in [-0.05, 0) is 103 Å². The number of aromatic nitrogens is 1. The molecule has 2 heterocycles. The number of amides is 2. The molecule has 12 nitrogen and oxygen atoms in total. The zero-order valence-corrected chi connectivity index (χ0v) is 42.0. The summed E-state index contributed by atoms with van der Waals surface area (Å²) in [6, 6.07) is 33.5. The van der Waals surface area contributed by atoms with Crippen LogP contribution in [0.15, 0.2) is 108 Å². The quantitative estimate of drug-likeness (QED) is 0.0394. The summed E-state index contributed by atoms with van der Waals surface area (Å²) in [5, 5.41) is 17.8. The first-order valence-electron chi connectivity index (χ1n) is 24.7. The summed E-state index contributed by atoms with van der Waals surface area (Å²) >= 11 is 0. The Morgan fingerprint density at radius 1 is 0.868 bits per heavy atom. The van der Waals surface area contributed by atoms with Gasteiger partial charge < -0.3 is 39.1 Å². The Balaban J connectivity index is 0.784. The lowest BCUT2D eigenvalue weighted by Gasteiger charge is -2.39. The zero-order chi connectivity index (χ0) is 48.3. The average molecular weight is 944 g/mol. The van der Waals surface area contributed by atoms with Gasteiger partial charge in [-0.2, -0.15) is 0 Å². The van der Waals surface area contributed by atoms with Crippen LogP contribution >= 0.6 is 0 Å². The molecule has 2 aliphatic rings. The van der Waals surface area contributed by atoms with E-state index >= 15 is 0 Å². The molecule has 68 heavy (non-hydrogen) atoms. The van der Waals surface area contributed by atoms with Gasteiger partial charge in [-0.25, -0.2) is 4.79 Å². The Morgan fingerprint density at radius 2 is 1.56 bits per heavy atom. The molecule has 1 aliphatic carbocycles. The second-order valence-corrected chi connectivity index (χ2v) is 25.0. The third kappa shape index (κ3) is 13.5. The summed E-state index contributed by atoms with van der Waals surface area (Å²) in [4.78, 5) is 45.7. The highest BCUT2D eigenvalue weighted by Gasteiger charge is 2.42. The minimum absolute atomic E-state index is 0.0225. The second-order valence-electron chi connectivity index (χ2n) is 20.2. The summed E-state index contributed by atoms with van der Waals surface area (Å²) < 4.78 is 18.9. The van der Waals surface area contributed by atoms with Gasteiger partial charge >= 0.3 is 6.09 Å². The lowest BCUT2D eigenvalue weighted by atomic mass is 10.0. The van der Waals surface area contributed by atoms with E-state index < -0.39 is 8.32 Å². The molecular formula is C55H73N5O7Si. The summed E-state index contributed by atoms with van der Waals surface area (Å²) in [6.45, 7) is 19.5. The molecule has 1 saturated carbocycles. The number of benzene rings is 4. The van der Waals surface area contributed by atoms with Gasteiger partial charge in [0, 0.05) is 62.8 Å². The molecule has 1 aliphatic heterocycles. The van der Waals surface area contributed by atoms with Gasteiger partial charge in [0.2, 0.25) is 11.5 Å². The number of phenolic OH excluding ortho intramolecular Hbond substituents is 1. The van der Waals surface area contributed by atoms with Crippen LogP contribution in [0.1, 0.15) is 76.2 Å². The third-order valence-corrected chi connectivity index (χ3v) is 18.8. The number of aromatic hydroxyl groups is 1. The van der Waals surface area contributed by atoms with E-state index in [4.69, 9.17) is 13.9 Å². The lowest BCUT2D eigenvalue weighted by molar-refractivity contribution is -0.132. The van der Waals surface area contributed by atoms with Crippen LogP contribution in [-0.2, 0) is 31.5 Å². The van der Waals surface area contributed by atoms with Crippen molar-refractivity contribution >= 4 is 36.9 Å². The van der Waals surface area contributed by atoms with Crippen LogP contribution in [0, 0.1) is 11.8 Å². The molecule has 0 bridgehead atoms. The summed E-state index contributed by atoms with van der Waals surface area (Å²) in [7, 11) is -2.22. The molecule has 1 aromatic heterocycles. The summed E-state index contributed by atoms with van der Waals surface area (Å²) in [6.07, 6.45) is 4.06. The summed E-state index contributed by atoms with van der Waals surface area (Å²) in [5.41, 5.74) is 6.36. The first-order chi connectivity index (χ1) is 32.7. The van der Waals surface area contributed by atoms with Crippen molar-refractivity contribution in [2.75, 3.05) is 64.3 Å². The van der Waals surface area contributed by atoms with Crippen LogP contribution in [0.3, 0.4) is 0 Å². The van der Waals surface area contributed by atoms with Gasteiger partial charge in [0.1, 0.15) is 11.9 Å². The van der Waals surface area contributed by atoms with Crippen molar-refractivity contribution in [2.24, 2.45) is 11.8 Å². The first kappa shape index (κ1) is 50.6. The molecule has 13 heteroatoms. The van der Waals surface area contributed by atoms with Crippen molar-refractivity contribution in [3.8, 4) is 16.9 Å². The van der Waals surface area contributed by atoms with Crippen molar-refractivity contribution in [1.82, 2.24) is 20.1 Å². The van der Waals surface area contributed by atoms with E-state index in [1.165, 1.54) is 17.2 Å². The van der Waals surface area contributed by atoms with Crippen molar-refractivity contribution < 1.29 is 28.6 Å². The molecule has 5 aromatic rings. The fourth-order valence-corrected chi connectivity index (χ4v) is 10.8. The number of nitrogens with zero attached hydrogens (tertiary/aromatic N) is 2. The van der Waals surface area contributed by atoms with Crippen LogP contribution in [0.2, 0.25) is 18.1 Å². The standard InChI is InChI=1S/C55H73N5O7Si/c1-7-29-60(31-28-56-36-50(67-68(5,6)55(2,3)4)46-21-23-49(61)53-47(46)22-24-51(62)58-53)52(63)27-33-65-32-26-40-19-17-39(18-20-40)25-30-59-37-42-34-44(35-43(42)38-59)66-54(64)57-48-16-12-11-15-45(48)41-13-9-8-10-14-41/h8-24,42-44,50,56,61H,7,25-38H2,1-6H3,(H,57,64)(H,58,62)/t42-,43+,44?,50-/m0/s1. The average Bonchev–Trinajstić information content (AvgIpc) is 3.87. The molecule has 4 atom stereocenters. The number of pyridine rings is 1. The van der Waals surface area contributed by atoms with E-state index in [1.54, 1.807) is 12.1 Å². The monoisotopic (exact) mass is 944 g/mol. The molecule has 0 radical (unpaired) electrons. The van der Waals surface area contributed by atoms with Crippen molar-refractivity contribution in [1.29, 1.82) is 0 Å². The third-order valence-electron chi connectivity index (χ3n) is 14.3. The van der Waals surface area contributed by atoms with Gasteiger partial charge in [-0.1, -0.05) is 107 Å². The largest absolute Gasteiger partial charge is 0.506 e. The molecule has 1 unspecified atom stereocenters. The number of hydrogen-bond donors (Lipinski definition) is 4. The van der Waals surface area contributed by atoms with Crippen molar-refractivity contribution in [3.63, 3.8) is 0 Å². The fourth-order valence-electron chi connectivity index (χ4n) is 9.51. The minimum Gasteiger partial charge on any atom is -0.506 e. The van der Waals surface area contributed by atoms with Crippen LogP contribution < -0.4 is 16.2 Å². The Bertz CT molecular complexity index is 2480. The van der Waals surface area contributed by atoms with Crippen molar-refractivity contribution in [2.45, 2.75) is 96.6 Å². The topological polar surface area (TPSA) is 145 Å². The highest BCUT2D eigenvalue weighted by Crippen LogP contribution is 2.42. The molecule has 364 valence electrons. The van der Waals surface area contributed by atoms with Gasteiger partial charge in [-0.3, -0.25) is 14.9 Å². The molecule has 0 spiro atoms. The molecule has 2 amide bonds. The van der Waals surface area contributed by atoms with Crippen LogP contribution in [0.5, 0.6) is 5.75 Å². The number of H-pyrrole nitrogens is 1. The van der Waals surface area contributed by atoms with Crippen LogP contribution in [0.25, 0.3) is 22.0 Å². The Hall–Kier alpha value is -5.31. The number of hydrogen-bond acceptors (Lipinski definition) is 9. The normalized spacial score (nSPS) is 17.8. The summed E-state index contributed by atoms with van der Waals surface area (Å²) in [5.74, 6) is 1.22. The maximum atomic E-state index is 13.3. The molecule has 7 rings (SSSR count). The maximum Gasteiger partial charge on any atom is 0.411 e. The second kappa shape index (κ2) is 23.3. The van der Waals surface area contributed by atoms with Gasteiger partial charge in [0.25, 0.3) is 0 Å². The number of aromatic amines is 1. The Labute approximate surface area is 403 Å². The molecule has 4 N–H and O–H groups in total. The lowest BCUT2D eigenvalue weighted by Crippen LogP contribution is -2.44. The first-order valence-corrected chi connectivity index (χ1v) is 27.6. The predicted molar refractivity (Wildman–Crippen MR) is 275 cm³/mol. The smallest absolute Gasteiger partial charge is 0.411 e. The van der Waals surface area contributed by atoms with Crippen LogP contribution in [-0.4, -0.2) is 105 Å². The maximum absolute atomic E-state index is 13.3. The molecular weight excluding hydrogens is 871 g/mol. The number of fused-ring (bicyclic) bond motifs is 2. The van der Waals surface area contributed by atoms with Gasteiger partial charge in [-0.15, -0.1) is 0 Å². The van der Waals surface area contributed by atoms with Crippen molar-refractivity contribution in [3.05, 3.63) is 130 Å². The fraction of sp³-hybridized carbons (Fsp3) is 0.473. The predicted octanol–water partition coefficient (Wildman–Crippen LogP) is 9.94. The highest BCUT2D eigenvalue weighted by molar-refractivity contribution is 6.74. The van der Waals surface area contributed by atoms with E-state index in [1.807, 2.05) is 65.6 Å². The van der Waals surface area contributed by atoms with Crippen LogP contribution in [0.4, 0.5) is 10.5 Å². The zero-order valence-electron chi connectivity index (χ0n) is 41.0. The number of carbonyl (C=O) groups excluding carboxylic acids is 2. The molecule has 4 aromatic carbocycles. The Morgan fingerprint density at radius 3 is 2.26 bits per heavy atom. The van der Waals surface area contributed by atoms with E-state index in [0.717, 1.165) is 79.5 Å². The van der Waals surface area contributed by atoms with E-state index in [2.05, 4.69) is 85.6 Å². The molecule has 2 fully saturated rings. The number of nitrogens with one attached hydrogen (secondary N) is 3. The number of phenols is 1. The Kier molecular flexibility index (Phi) is 17.3. The number of anilines is 1. The minimum atomic E-state index is -2.22. The van der Waals surface area contributed by atoms with Gasteiger partial charge in [0.05, 0.1) is 36.9 Å². The van der Waals surface area contributed by atoms with E-state index in [9.17, 15) is 19.5 Å². The number of ether oxygens (including phenoxy) is 2.